The molecule has 2 aromatic heterocycles. The van der Waals surface area contributed by atoms with E-state index in [4.69, 9.17) is 0 Å². The zero-order valence-electron chi connectivity index (χ0n) is 11.6. The van der Waals surface area contributed by atoms with Gasteiger partial charge in [0.2, 0.25) is 15.9 Å². The molecule has 1 amide bonds. The van der Waals surface area contributed by atoms with Gasteiger partial charge in [-0.15, -0.1) is 16.4 Å². The Kier molecular flexibility index (Phi) is 4.23. The summed E-state index contributed by atoms with van der Waals surface area (Å²) in [6, 6.07) is 0. The highest BCUT2D eigenvalue weighted by Gasteiger charge is 2.11. The van der Waals surface area contributed by atoms with Gasteiger partial charge in [-0.05, 0) is 13.8 Å². The molecule has 2 N–H and O–H groups in total. The highest BCUT2D eigenvalue weighted by atomic mass is 32.2. The average Bonchev–Trinajstić information content (AvgIpc) is 2.84. The van der Waals surface area contributed by atoms with Crippen molar-refractivity contribution in [2.24, 2.45) is 0 Å². The third kappa shape index (κ3) is 4.49. The number of aromatic nitrogens is 4. The lowest BCUT2D eigenvalue weighted by Gasteiger charge is -2.00. The molecule has 0 aliphatic heterocycles. The van der Waals surface area contributed by atoms with Gasteiger partial charge in [-0.25, -0.2) is 18.1 Å². The van der Waals surface area contributed by atoms with E-state index < -0.39 is 10.0 Å². The molecule has 0 bridgehead atoms. The molecule has 0 aliphatic rings. The van der Waals surface area contributed by atoms with E-state index in [1.807, 2.05) is 13.8 Å². The highest BCUT2D eigenvalue weighted by molar-refractivity contribution is 7.92. The number of hydrogen-bond acceptors (Lipinski definition) is 7. The van der Waals surface area contributed by atoms with E-state index in [9.17, 15) is 13.2 Å². The Hall–Kier alpha value is -2.01. The molecule has 0 spiro atoms. The van der Waals surface area contributed by atoms with Crippen LogP contribution in [0.25, 0.3) is 0 Å². The molecule has 2 aromatic rings. The number of nitrogens with one attached hydrogen (secondary N) is 2. The summed E-state index contributed by atoms with van der Waals surface area (Å²) < 4.78 is 25.5. The first-order chi connectivity index (χ1) is 9.73. The number of sulfonamides is 1. The summed E-state index contributed by atoms with van der Waals surface area (Å²) in [4.78, 5) is 17.1. The number of carbonyl (C=O) groups excluding carboxylic acids is 1. The van der Waals surface area contributed by atoms with Crippen molar-refractivity contribution in [2.45, 2.75) is 20.4 Å². The van der Waals surface area contributed by atoms with Gasteiger partial charge in [0.25, 0.3) is 0 Å². The fourth-order valence-corrected chi connectivity index (χ4v) is 2.75. The predicted octanol–water partition coefficient (Wildman–Crippen LogP) is 0.362. The van der Waals surface area contributed by atoms with Crippen LogP contribution in [-0.4, -0.2) is 40.6 Å². The van der Waals surface area contributed by atoms with Crippen molar-refractivity contribution in [3.8, 4) is 0 Å². The smallest absolute Gasteiger partial charge is 0.247 e. The first-order valence-electron chi connectivity index (χ1n) is 5.85. The Morgan fingerprint density at radius 2 is 2.14 bits per heavy atom. The number of nitrogens with zero attached hydrogens (tertiary/aromatic N) is 4. The number of rotatable bonds is 5. The maximum Gasteiger partial charge on any atom is 0.247 e. The minimum atomic E-state index is -3.42. The molecule has 0 radical (unpaired) electrons. The maximum absolute atomic E-state index is 11.8. The van der Waals surface area contributed by atoms with E-state index in [0.29, 0.717) is 5.13 Å². The van der Waals surface area contributed by atoms with Gasteiger partial charge >= 0.3 is 0 Å². The second kappa shape index (κ2) is 5.77. The largest absolute Gasteiger partial charge is 0.300 e. The van der Waals surface area contributed by atoms with E-state index in [-0.39, 0.29) is 18.3 Å². The average molecular weight is 330 g/mol. The van der Waals surface area contributed by atoms with Gasteiger partial charge in [0.1, 0.15) is 6.54 Å². The van der Waals surface area contributed by atoms with Crippen LogP contribution in [0.3, 0.4) is 0 Å². The third-order valence-corrected chi connectivity index (χ3v) is 3.98. The SMILES string of the molecule is Cc1nc(NC(=O)Cn2cc(NS(C)(=O)=O)nn2)sc1C. The van der Waals surface area contributed by atoms with Gasteiger partial charge in [-0.1, -0.05) is 5.21 Å². The number of amides is 1. The van der Waals surface area contributed by atoms with Crippen LogP contribution in [0.1, 0.15) is 10.6 Å². The van der Waals surface area contributed by atoms with Gasteiger partial charge in [0.15, 0.2) is 10.9 Å². The van der Waals surface area contributed by atoms with Crippen LogP contribution < -0.4 is 10.0 Å². The van der Waals surface area contributed by atoms with Crippen molar-refractivity contribution in [3.05, 3.63) is 16.8 Å². The zero-order chi connectivity index (χ0) is 15.6. The van der Waals surface area contributed by atoms with E-state index >= 15 is 0 Å². The number of hydrogen-bond donors (Lipinski definition) is 2. The predicted molar refractivity (Wildman–Crippen MR) is 78.7 cm³/mol. The molecular formula is C10H14N6O3S2. The van der Waals surface area contributed by atoms with Crippen LogP contribution in [0.15, 0.2) is 6.20 Å². The van der Waals surface area contributed by atoms with Gasteiger partial charge in [-0.2, -0.15) is 0 Å². The lowest BCUT2D eigenvalue weighted by Crippen LogP contribution is -2.19. The molecule has 0 aliphatic carbocycles. The summed E-state index contributed by atoms with van der Waals surface area (Å²) in [7, 11) is -3.42. The van der Waals surface area contributed by atoms with Crippen molar-refractivity contribution < 1.29 is 13.2 Å². The lowest BCUT2D eigenvalue weighted by atomic mass is 10.4. The van der Waals surface area contributed by atoms with Gasteiger partial charge in [0.05, 0.1) is 18.1 Å². The van der Waals surface area contributed by atoms with Gasteiger partial charge in [-0.3, -0.25) is 9.52 Å². The minimum absolute atomic E-state index is 0.0613. The molecule has 11 heteroatoms. The molecule has 0 atom stereocenters. The molecule has 9 nitrogen and oxygen atoms in total. The second-order valence-corrected chi connectivity index (χ2v) is 7.34. The summed E-state index contributed by atoms with van der Waals surface area (Å²) in [6.45, 7) is 3.70. The number of anilines is 2. The Bertz CT molecular complexity index is 744. The van der Waals surface area contributed by atoms with Crippen molar-refractivity contribution in [1.82, 2.24) is 20.0 Å². The maximum atomic E-state index is 11.8. The Morgan fingerprint density at radius 1 is 1.43 bits per heavy atom. The first kappa shape index (κ1) is 15.4. The summed E-state index contributed by atoms with van der Waals surface area (Å²) in [5.74, 6) is -0.259. The second-order valence-electron chi connectivity index (χ2n) is 4.38. The molecule has 2 rings (SSSR count). The van der Waals surface area contributed by atoms with Crippen LogP contribution in [0.4, 0.5) is 10.9 Å². The molecule has 21 heavy (non-hydrogen) atoms. The monoisotopic (exact) mass is 330 g/mol. The third-order valence-electron chi connectivity index (χ3n) is 2.41. The molecular weight excluding hydrogens is 316 g/mol. The Morgan fingerprint density at radius 3 is 2.71 bits per heavy atom. The zero-order valence-corrected chi connectivity index (χ0v) is 13.2. The van der Waals surface area contributed by atoms with Gasteiger partial charge < -0.3 is 5.32 Å². The standard InChI is InChI=1S/C10H14N6O3S2/c1-6-7(2)20-10(11-6)12-9(17)5-16-4-8(13-15-16)14-21(3,18)19/h4,14H,5H2,1-3H3,(H,11,12,17). The van der Waals surface area contributed by atoms with Crippen molar-refractivity contribution in [1.29, 1.82) is 0 Å². The molecule has 0 saturated carbocycles. The molecule has 0 unspecified atom stereocenters. The number of aryl methyl sites for hydroxylation is 2. The van der Waals surface area contributed by atoms with Crippen molar-refractivity contribution in [2.75, 3.05) is 16.3 Å². The molecule has 2 heterocycles. The molecule has 0 aromatic carbocycles. The van der Waals surface area contributed by atoms with Crippen LogP contribution >= 0.6 is 11.3 Å². The van der Waals surface area contributed by atoms with Crippen LogP contribution in [0.2, 0.25) is 0 Å². The minimum Gasteiger partial charge on any atom is -0.300 e. The Balaban J connectivity index is 1.97. The van der Waals surface area contributed by atoms with Crippen LogP contribution in [-0.2, 0) is 21.4 Å². The fraction of sp³-hybridized carbons (Fsp3) is 0.400. The van der Waals surface area contributed by atoms with E-state index in [0.717, 1.165) is 16.8 Å². The van der Waals surface area contributed by atoms with Crippen molar-refractivity contribution >= 4 is 38.2 Å². The summed E-state index contributed by atoms with van der Waals surface area (Å²) in [5.41, 5.74) is 0.871. The summed E-state index contributed by atoms with van der Waals surface area (Å²) >= 11 is 1.39. The highest BCUT2D eigenvalue weighted by Crippen LogP contribution is 2.20. The molecule has 0 saturated heterocycles. The summed E-state index contributed by atoms with van der Waals surface area (Å²) in [6.07, 6.45) is 2.34. The topological polar surface area (TPSA) is 119 Å². The molecule has 0 fully saturated rings. The summed E-state index contributed by atoms with van der Waals surface area (Å²) in [5, 5.41) is 10.4. The number of carbonyl (C=O) groups is 1. The normalized spacial score (nSPS) is 11.4. The van der Waals surface area contributed by atoms with E-state index in [1.165, 1.54) is 22.2 Å². The van der Waals surface area contributed by atoms with Crippen molar-refractivity contribution in [3.63, 3.8) is 0 Å². The van der Waals surface area contributed by atoms with E-state index in [1.54, 1.807) is 0 Å². The lowest BCUT2D eigenvalue weighted by molar-refractivity contribution is -0.116. The number of thiazole rings is 1. The Labute approximate surface area is 125 Å². The fourth-order valence-electron chi connectivity index (χ4n) is 1.44. The van der Waals surface area contributed by atoms with Crippen LogP contribution in [0, 0.1) is 13.8 Å². The van der Waals surface area contributed by atoms with Gasteiger partial charge in [0, 0.05) is 4.88 Å². The first-order valence-corrected chi connectivity index (χ1v) is 8.55. The quantitative estimate of drug-likeness (QED) is 0.817. The van der Waals surface area contributed by atoms with Crippen LogP contribution in [0.5, 0.6) is 0 Å². The van der Waals surface area contributed by atoms with E-state index in [2.05, 4.69) is 25.3 Å². The molecule has 114 valence electrons.